The van der Waals surface area contributed by atoms with Gasteiger partial charge in [0.2, 0.25) is 5.91 Å². The summed E-state index contributed by atoms with van der Waals surface area (Å²) < 4.78 is 5.11. The van der Waals surface area contributed by atoms with Crippen molar-refractivity contribution in [1.29, 1.82) is 0 Å². The van der Waals surface area contributed by atoms with E-state index in [2.05, 4.69) is 0 Å². The Kier molecular flexibility index (Phi) is 8.96. The summed E-state index contributed by atoms with van der Waals surface area (Å²) in [6.07, 6.45) is 1.53. The number of benzene rings is 3. The van der Waals surface area contributed by atoms with E-state index in [0.29, 0.717) is 49.7 Å². The van der Waals surface area contributed by atoms with Gasteiger partial charge in [-0.2, -0.15) is 0 Å². The van der Waals surface area contributed by atoms with Crippen LogP contribution >= 0.6 is 11.6 Å². The lowest BCUT2D eigenvalue weighted by atomic mass is 9.96. The summed E-state index contributed by atoms with van der Waals surface area (Å²) in [5.74, 6) is -0.391. The minimum Gasteiger partial charge on any atom is -0.466 e. The number of anilines is 1. The van der Waals surface area contributed by atoms with E-state index in [4.69, 9.17) is 16.3 Å². The number of carbonyl (C=O) groups is 3. The van der Waals surface area contributed by atoms with E-state index in [0.717, 1.165) is 16.8 Å². The van der Waals surface area contributed by atoms with Gasteiger partial charge < -0.3 is 14.5 Å². The Morgan fingerprint density at radius 2 is 1.54 bits per heavy atom. The normalized spacial score (nSPS) is 13.7. The van der Waals surface area contributed by atoms with Crippen molar-refractivity contribution in [1.82, 2.24) is 4.90 Å². The summed E-state index contributed by atoms with van der Waals surface area (Å²) in [5.41, 5.74) is 3.18. The predicted octanol–water partition coefficient (Wildman–Crippen LogP) is 5.53. The van der Waals surface area contributed by atoms with Crippen LogP contribution in [-0.4, -0.2) is 42.4 Å². The van der Waals surface area contributed by atoms with Crippen LogP contribution in [0.1, 0.15) is 41.3 Å². The highest BCUT2D eigenvalue weighted by Gasteiger charge is 2.28. The van der Waals surface area contributed by atoms with Gasteiger partial charge in [-0.3, -0.25) is 14.4 Å². The van der Waals surface area contributed by atoms with Gasteiger partial charge >= 0.3 is 5.97 Å². The summed E-state index contributed by atoms with van der Waals surface area (Å²) in [5, 5.41) is 0.574. The number of carbonyl (C=O) groups excluding carboxylic acids is 3. The van der Waals surface area contributed by atoms with Crippen LogP contribution < -0.4 is 4.90 Å². The first-order valence-electron chi connectivity index (χ1n) is 12.6. The van der Waals surface area contributed by atoms with E-state index < -0.39 is 0 Å². The smallest absolute Gasteiger partial charge is 0.309 e. The number of ether oxygens (including phenoxy) is 1. The molecule has 0 radical (unpaired) electrons. The maximum atomic E-state index is 13.4. The molecule has 1 aliphatic heterocycles. The van der Waals surface area contributed by atoms with E-state index in [1.54, 1.807) is 36.1 Å². The van der Waals surface area contributed by atoms with Crippen molar-refractivity contribution >= 4 is 35.1 Å². The summed E-state index contributed by atoms with van der Waals surface area (Å²) >= 11 is 6.01. The summed E-state index contributed by atoms with van der Waals surface area (Å²) in [6.45, 7) is 3.70. The van der Waals surface area contributed by atoms with Gasteiger partial charge in [-0.1, -0.05) is 54.1 Å². The molecule has 0 bridgehead atoms. The molecule has 3 aromatic carbocycles. The standard InChI is InChI=1S/C30H31ClN2O4/c1-2-37-30(36)25-16-18-32(19-17-25)28(34)20-22-8-14-27(15-9-22)33(21-23-6-4-3-5-7-23)29(35)24-10-12-26(31)13-11-24/h3-15,25H,2,16-21H2,1H3. The van der Waals surface area contributed by atoms with Crippen LogP contribution in [-0.2, 0) is 27.3 Å². The van der Waals surface area contributed by atoms with Crippen molar-refractivity contribution in [3.05, 3.63) is 101 Å². The molecule has 0 atom stereocenters. The topological polar surface area (TPSA) is 66.9 Å². The third-order valence-electron chi connectivity index (χ3n) is 6.59. The lowest BCUT2D eigenvalue weighted by molar-refractivity contribution is -0.151. The Morgan fingerprint density at radius 1 is 0.892 bits per heavy atom. The van der Waals surface area contributed by atoms with E-state index in [1.165, 1.54) is 0 Å². The second-order valence-corrected chi connectivity index (χ2v) is 9.57. The molecule has 3 aromatic rings. The number of likely N-dealkylation sites (tertiary alicyclic amines) is 1. The quantitative estimate of drug-likeness (QED) is 0.368. The number of nitrogens with zero attached hydrogens (tertiary/aromatic N) is 2. The average Bonchev–Trinajstić information content (AvgIpc) is 2.93. The van der Waals surface area contributed by atoms with Crippen molar-refractivity contribution in [3.63, 3.8) is 0 Å². The van der Waals surface area contributed by atoms with E-state index in [9.17, 15) is 14.4 Å². The van der Waals surface area contributed by atoms with Crippen LogP contribution in [0.25, 0.3) is 0 Å². The van der Waals surface area contributed by atoms with Gasteiger partial charge in [0, 0.05) is 29.4 Å². The second-order valence-electron chi connectivity index (χ2n) is 9.13. The first kappa shape index (κ1) is 26.4. The highest BCUT2D eigenvalue weighted by molar-refractivity contribution is 6.30. The maximum Gasteiger partial charge on any atom is 0.309 e. The number of hydrogen-bond donors (Lipinski definition) is 0. The van der Waals surface area contributed by atoms with Gasteiger partial charge in [0.05, 0.1) is 25.5 Å². The molecule has 1 heterocycles. The lowest BCUT2D eigenvalue weighted by Crippen LogP contribution is -2.41. The molecule has 0 N–H and O–H groups in total. The molecule has 192 valence electrons. The fourth-order valence-electron chi connectivity index (χ4n) is 4.50. The molecule has 4 rings (SSSR count). The van der Waals surface area contributed by atoms with Crippen LogP contribution in [0.15, 0.2) is 78.9 Å². The number of esters is 1. The Bertz CT molecular complexity index is 1200. The second kappa shape index (κ2) is 12.5. The van der Waals surface area contributed by atoms with Gasteiger partial charge in [0.1, 0.15) is 0 Å². The molecule has 1 aliphatic rings. The van der Waals surface area contributed by atoms with Crippen molar-refractivity contribution in [2.45, 2.75) is 32.7 Å². The van der Waals surface area contributed by atoms with Gasteiger partial charge in [-0.25, -0.2) is 0 Å². The van der Waals surface area contributed by atoms with Gasteiger partial charge in [-0.15, -0.1) is 0 Å². The molecule has 0 aliphatic carbocycles. The molecule has 0 spiro atoms. The lowest BCUT2D eigenvalue weighted by Gasteiger charge is -2.31. The first-order chi connectivity index (χ1) is 17.9. The molecular formula is C30H31ClN2O4. The molecular weight excluding hydrogens is 488 g/mol. The summed E-state index contributed by atoms with van der Waals surface area (Å²) in [6, 6.07) is 24.2. The van der Waals surface area contributed by atoms with Crippen molar-refractivity contribution in [3.8, 4) is 0 Å². The van der Waals surface area contributed by atoms with E-state index >= 15 is 0 Å². The molecule has 0 unspecified atom stereocenters. The molecule has 1 fully saturated rings. The average molecular weight is 519 g/mol. The molecule has 7 heteroatoms. The summed E-state index contributed by atoms with van der Waals surface area (Å²) in [4.78, 5) is 41.8. The monoisotopic (exact) mass is 518 g/mol. The van der Waals surface area contributed by atoms with Gasteiger partial charge in [-0.05, 0) is 67.3 Å². The fraction of sp³-hybridized carbons (Fsp3) is 0.300. The minimum atomic E-state index is -0.168. The van der Waals surface area contributed by atoms with E-state index in [1.807, 2.05) is 59.5 Å². The zero-order valence-electron chi connectivity index (χ0n) is 20.9. The van der Waals surface area contributed by atoms with Crippen LogP contribution in [0.5, 0.6) is 0 Å². The summed E-state index contributed by atoms with van der Waals surface area (Å²) in [7, 11) is 0. The molecule has 6 nitrogen and oxygen atoms in total. The van der Waals surface area contributed by atoms with Crippen LogP contribution in [0.2, 0.25) is 5.02 Å². The van der Waals surface area contributed by atoms with Crippen molar-refractivity contribution < 1.29 is 19.1 Å². The van der Waals surface area contributed by atoms with E-state index in [-0.39, 0.29) is 30.1 Å². The Balaban J connectivity index is 1.44. The largest absolute Gasteiger partial charge is 0.466 e. The highest BCUT2D eigenvalue weighted by Crippen LogP contribution is 2.23. The Hall–Kier alpha value is -3.64. The molecule has 0 saturated carbocycles. The van der Waals surface area contributed by atoms with Gasteiger partial charge in [0.25, 0.3) is 5.91 Å². The van der Waals surface area contributed by atoms with Crippen LogP contribution in [0, 0.1) is 5.92 Å². The number of hydrogen-bond acceptors (Lipinski definition) is 4. The zero-order chi connectivity index (χ0) is 26.2. The number of piperidine rings is 1. The number of halogens is 1. The Labute approximate surface area is 222 Å². The number of rotatable bonds is 8. The SMILES string of the molecule is CCOC(=O)C1CCN(C(=O)Cc2ccc(N(Cc3ccccc3)C(=O)c3ccc(Cl)cc3)cc2)CC1. The first-order valence-corrected chi connectivity index (χ1v) is 13.0. The Morgan fingerprint density at radius 3 is 2.16 bits per heavy atom. The van der Waals surface area contributed by atoms with Crippen LogP contribution in [0.3, 0.4) is 0 Å². The number of amides is 2. The third-order valence-corrected chi connectivity index (χ3v) is 6.84. The van der Waals surface area contributed by atoms with Crippen molar-refractivity contribution in [2.75, 3.05) is 24.6 Å². The third kappa shape index (κ3) is 6.98. The van der Waals surface area contributed by atoms with Crippen molar-refractivity contribution in [2.24, 2.45) is 5.92 Å². The predicted molar refractivity (Wildman–Crippen MR) is 144 cm³/mol. The maximum absolute atomic E-state index is 13.4. The molecule has 0 aromatic heterocycles. The molecule has 37 heavy (non-hydrogen) atoms. The highest BCUT2D eigenvalue weighted by atomic mass is 35.5. The minimum absolute atomic E-state index is 0.0356. The van der Waals surface area contributed by atoms with Gasteiger partial charge in [0.15, 0.2) is 0 Å². The molecule has 1 saturated heterocycles. The zero-order valence-corrected chi connectivity index (χ0v) is 21.7. The molecule has 2 amide bonds. The van der Waals surface area contributed by atoms with Crippen LogP contribution in [0.4, 0.5) is 5.69 Å². The fourth-order valence-corrected chi connectivity index (χ4v) is 4.63.